The summed E-state index contributed by atoms with van der Waals surface area (Å²) >= 11 is 0. The van der Waals surface area contributed by atoms with Crippen molar-refractivity contribution >= 4 is 21.8 Å². The molecular formula is C29H37N5O4S. The lowest BCUT2D eigenvalue weighted by atomic mass is 10.1. The van der Waals surface area contributed by atoms with Gasteiger partial charge in [-0.05, 0) is 41.4 Å². The van der Waals surface area contributed by atoms with Gasteiger partial charge in [-0.2, -0.15) is 0 Å². The number of anilines is 1. The van der Waals surface area contributed by atoms with Crippen LogP contribution < -0.4 is 4.90 Å². The predicted molar refractivity (Wildman–Crippen MR) is 152 cm³/mol. The molecule has 10 heteroatoms. The second-order valence-electron chi connectivity index (χ2n) is 9.96. The van der Waals surface area contributed by atoms with Crippen LogP contribution in [-0.2, 0) is 29.7 Å². The van der Waals surface area contributed by atoms with Gasteiger partial charge in [0.05, 0.1) is 4.90 Å². The van der Waals surface area contributed by atoms with Crippen LogP contribution in [0.5, 0.6) is 0 Å². The summed E-state index contributed by atoms with van der Waals surface area (Å²) in [5.41, 5.74) is 3.44. The molecule has 0 bridgehead atoms. The Morgan fingerprint density at radius 1 is 0.923 bits per heavy atom. The van der Waals surface area contributed by atoms with Gasteiger partial charge in [0.1, 0.15) is 11.4 Å². The molecule has 0 saturated carbocycles. The van der Waals surface area contributed by atoms with Gasteiger partial charge in [-0.1, -0.05) is 49.4 Å². The summed E-state index contributed by atoms with van der Waals surface area (Å²) < 4.78 is 26.8. The van der Waals surface area contributed by atoms with Crippen LogP contribution in [0.15, 0.2) is 71.8 Å². The molecule has 0 spiro atoms. The number of hydrogen-bond acceptors (Lipinski definition) is 7. The van der Waals surface area contributed by atoms with Crippen LogP contribution in [0.1, 0.15) is 34.0 Å². The highest BCUT2D eigenvalue weighted by molar-refractivity contribution is 7.89. The van der Waals surface area contributed by atoms with Crippen LogP contribution in [0, 0.1) is 0 Å². The van der Waals surface area contributed by atoms with E-state index in [1.54, 1.807) is 44.6 Å². The third kappa shape index (κ3) is 7.02. The molecule has 1 saturated heterocycles. The van der Waals surface area contributed by atoms with Crippen LogP contribution in [0.4, 0.5) is 5.82 Å². The van der Waals surface area contributed by atoms with Crippen LogP contribution in [0.25, 0.3) is 0 Å². The molecule has 39 heavy (non-hydrogen) atoms. The van der Waals surface area contributed by atoms with E-state index in [4.69, 9.17) is 0 Å². The molecule has 208 valence electrons. The van der Waals surface area contributed by atoms with Crippen molar-refractivity contribution in [2.24, 2.45) is 0 Å². The maximum atomic E-state index is 12.8. The van der Waals surface area contributed by atoms with Gasteiger partial charge in [0.15, 0.2) is 0 Å². The van der Waals surface area contributed by atoms with Gasteiger partial charge in [-0.15, -0.1) is 0 Å². The zero-order chi connectivity index (χ0) is 28.0. The van der Waals surface area contributed by atoms with Crippen molar-refractivity contribution in [1.82, 2.24) is 19.1 Å². The SMILES string of the molecule is CCN(Cc1ccc(CN2CCN(c3ncccc3C(=O)O)CC2)cc1)Cc1ccccc1S(=O)(=O)N(C)C. The Labute approximate surface area is 231 Å². The molecule has 1 aliphatic heterocycles. The first-order valence-corrected chi connectivity index (χ1v) is 14.6. The second-order valence-corrected chi connectivity index (χ2v) is 12.1. The summed E-state index contributed by atoms with van der Waals surface area (Å²) in [6, 6.07) is 19.1. The Morgan fingerprint density at radius 3 is 2.23 bits per heavy atom. The fraction of sp³-hybridized carbons (Fsp3) is 0.379. The highest BCUT2D eigenvalue weighted by Crippen LogP contribution is 2.22. The average Bonchev–Trinajstić information content (AvgIpc) is 2.94. The van der Waals surface area contributed by atoms with E-state index < -0.39 is 16.0 Å². The third-order valence-electron chi connectivity index (χ3n) is 7.10. The van der Waals surface area contributed by atoms with Crippen molar-refractivity contribution in [2.45, 2.75) is 31.5 Å². The van der Waals surface area contributed by atoms with Crippen molar-refractivity contribution in [1.29, 1.82) is 0 Å². The van der Waals surface area contributed by atoms with Gasteiger partial charge in [0, 0.05) is 66.1 Å². The van der Waals surface area contributed by atoms with E-state index in [2.05, 4.69) is 46.0 Å². The lowest BCUT2D eigenvalue weighted by Crippen LogP contribution is -2.46. The highest BCUT2D eigenvalue weighted by Gasteiger charge is 2.23. The summed E-state index contributed by atoms with van der Waals surface area (Å²) in [6.45, 7) is 8.09. The zero-order valence-corrected chi connectivity index (χ0v) is 23.6. The minimum Gasteiger partial charge on any atom is -0.478 e. The molecule has 4 rings (SSSR count). The van der Waals surface area contributed by atoms with E-state index in [-0.39, 0.29) is 5.56 Å². The smallest absolute Gasteiger partial charge is 0.339 e. The highest BCUT2D eigenvalue weighted by atomic mass is 32.2. The molecule has 0 unspecified atom stereocenters. The summed E-state index contributed by atoms with van der Waals surface area (Å²) in [5, 5.41) is 9.47. The zero-order valence-electron chi connectivity index (χ0n) is 22.8. The van der Waals surface area contributed by atoms with Gasteiger partial charge in [0.2, 0.25) is 10.0 Å². The topological polar surface area (TPSA) is 97.3 Å². The van der Waals surface area contributed by atoms with Gasteiger partial charge < -0.3 is 10.0 Å². The van der Waals surface area contributed by atoms with Gasteiger partial charge >= 0.3 is 5.97 Å². The molecule has 2 aromatic carbocycles. The first-order chi connectivity index (χ1) is 18.7. The van der Waals surface area contributed by atoms with E-state index >= 15 is 0 Å². The molecule has 1 fully saturated rings. The second kappa shape index (κ2) is 12.7. The van der Waals surface area contributed by atoms with Crippen molar-refractivity contribution < 1.29 is 18.3 Å². The summed E-state index contributed by atoms with van der Waals surface area (Å²) in [4.78, 5) is 22.9. The lowest BCUT2D eigenvalue weighted by Gasteiger charge is -2.35. The molecule has 0 radical (unpaired) electrons. The fourth-order valence-corrected chi connectivity index (χ4v) is 5.91. The minimum atomic E-state index is -3.51. The normalized spacial score (nSPS) is 14.7. The largest absolute Gasteiger partial charge is 0.478 e. The van der Waals surface area contributed by atoms with Crippen LogP contribution in [0.2, 0.25) is 0 Å². The van der Waals surface area contributed by atoms with Gasteiger partial charge in [-0.25, -0.2) is 22.5 Å². The van der Waals surface area contributed by atoms with Crippen molar-refractivity contribution in [3.8, 4) is 0 Å². The molecular weight excluding hydrogens is 514 g/mol. The molecule has 0 amide bonds. The van der Waals surface area contributed by atoms with Crippen molar-refractivity contribution in [2.75, 3.05) is 51.7 Å². The number of hydrogen-bond donors (Lipinski definition) is 1. The number of aromatic nitrogens is 1. The molecule has 3 aromatic rings. The first-order valence-electron chi connectivity index (χ1n) is 13.1. The van der Waals surface area contributed by atoms with E-state index in [0.717, 1.165) is 51.4 Å². The number of carbonyl (C=O) groups is 1. The summed E-state index contributed by atoms with van der Waals surface area (Å²) in [7, 11) is -0.397. The monoisotopic (exact) mass is 551 g/mol. The number of sulfonamides is 1. The number of nitrogens with zero attached hydrogens (tertiary/aromatic N) is 5. The van der Waals surface area contributed by atoms with Gasteiger partial charge in [-0.3, -0.25) is 9.80 Å². The maximum absolute atomic E-state index is 12.8. The van der Waals surface area contributed by atoms with Crippen LogP contribution in [0.3, 0.4) is 0 Å². The average molecular weight is 552 g/mol. The summed E-state index contributed by atoms with van der Waals surface area (Å²) in [6.07, 6.45) is 1.64. The number of piperazine rings is 1. The quantitative estimate of drug-likeness (QED) is 0.388. The standard InChI is InChI=1S/C29H37N5O4S/c1-4-32(22-25-8-5-6-10-27(25)39(37,38)31(2)3)20-23-11-13-24(14-12-23)21-33-16-18-34(19-17-33)28-26(29(35)36)9-7-15-30-28/h5-15H,4,16-22H2,1-3H3,(H,35,36). The Kier molecular flexibility index (Phi) is 9.34. The molecule has 0 aliphatic carbocycles. The fourth-order valence-electron chi connectivity index (χ4n) is 4.80. The lowest BCUT2D eigenvalue weighted by molar-refractivity contribution is 0.0697. The van der Waals surface area contributed by atoms with Crippen molar-refractivity contribution in [3.05, 3.63) is 89.1 Å². The van der Waals surface area contributed by atoms with E-state index in [0.29, 0.717) is 17.3 Å². The van der Waals surface area contributed by atoms with Gasteiger partial charge in [0.25, 0.3) is 0 Å². The summed E-state index contributed by atoms with van der Waals surface area (Å²) in [5.74, 6) is -0.415. The molecule has 9 nitrogen and oxygen atoms in total. The van der Waals surface area contributed by atoms with E-state index in [1.165, 1.54) is 15.4 Å². The minimum absolute atomic E-state index is 0.241. The molecule has 1 aliphatic rings. The Balaban J connectivity index is 1.34. The number of rotatable bonds is 11. The predicted octanol–water partition coefficient (Wildman–Crippen LogP) is 3.37. The Morgan fingerprint density at radius 2 is 1.59 bits per heavy atom. The number of carboxylic acid groups (broad SMARTS) is 1. The number of pyridine rings is 1. The maximum Gasteiger partial charge on any atom is 0.339 e. The third-order valence-corrected chi connectivity index (χ3v) is 9.01. The number of aromatic carboxylic acids is 1. The van der Waals surface area contributed by atoms with Crippen LogP contribution >= 0.6 is 0 Å². The molecule has 0 atom stereocenters. The van der Waals surface area contributed by atoms with Crippen molar-refractivity contribution in [3.63, 3.8) is 0 Å². The molecule has 1 N–H and O–H groups in total. The Hall–Kier alpha value is -3.31. The first kappa shape index (κ1) is 28.7. The Bertz CT molecular complexity index is 1370. The molecule has 2 heterocycles. The molecule has 1 aromatic heterocycles. The van der Waals surface area contributed by atoms with E-state index in [9.17, 15) is 18.3 Å². The van der Waals surface area contributed by atoms with E-state index in [1.807, 2.05) is 17.0 Å². The number of benzene rings is 2. The number of carboxylic acids is 1. The van der Waals surface area contributed by atoms with Crippen LogP contribution in [-0.4, -0.2) is 85.4 Å².